The van der Waals surface area contributed by atoms with Gasteiger partial charge in [-0.3, -0.25) is 4.90 Å². The smallest absolute Gasteiger partial charge is 0.255 e. The van der Waals surface area contributed by atoms with Crippen molar-refractivity contribution >= 4 is 25.9 Å². The molecule has 0 spiro atoms. The predicted octanol–water partition coefficient (Wildman–Crippen LogP) is 3.40. The Morgan fingerprint density at radius 3 is 1.72 bits per heavy atom. The van der Waals surface area contributed by atoms with Crippen molar-refractivity contribution in [3.8, 4) is 0 Å². The molecule has 0 fully saturated rings. The van der Waals surface area contributed by atoms with Crippen molar-refractivity contribution in [3.63, 3.8) is 0 Å². The van der Waals surface area contributed by atoms with Crippen LogP contribution in [0.15, 0.2) is 0 Å². The zero-order chi connectivity index (χ0) is 14.4. The SMILES string of the molecule is CC(C)N(C(C)C)C1(OS(=O)(=O)C(F)(F)F)P=P1. The topological polar surface area (TPSA) is 46.6 Å². The van der Waals surface area contributed by atoms with Gasteiger partial charge in [-0.2, -0.15) is 21.6 Å². The zero-order valence-corrected chi connectivity index (χ0v) is 12.9. The molecule has 0 saturated carbocycles. The van der Waals surface area contributed by atoms with Gasteiger partial charge in [0.05, 0.1) is 0 Å². The molecule has 0 aromatic carbocycles. The molecule has 10 heteroatoms. The van der Waals surface area contributed by atoms with E-state index in [0.29, 0.717) is 15.7 Å². The molecule has 1 rings (SSSR count). The van der Waals surface area contributed by atoms with Gasteiger partial charge in [0, 0.05) is 12.1 Å². The second kappa shape index (κ2) is 4.98. The molecule has 106 valence electrons. The maximum Gasteiger partial charge on any atom is 0.523 e. The summed E-state index contributed by atoms with van der Waals surface area (Å²) in [7, 11) is -4.53. The third kappa shape index (κ3) is 3.23. The summed E-state index contributed by atoms with van der Waals surface area (Å²) in [5, 5.41) is -1.38. The number of halogens is 3. The lowest BCUT2D eigenvalue weighted by Crippen LogP contribution is -2.49. The molecule has 18 heavy (non-hydrogen) atoms. The van der Waals surface area contributed by atoms with Crippen LogP contribution in [0.2, 0.25) is 0 Å². The van der Waals surface area contributed by atoms with Crippen molar-refractivity contribution < 1.29 is 25.8 Å². The van der Waals surface area contributed by atoms with Gasteiger partial charge in [0.25, 0.3) is 0 Å². The van der Waals surface area contributed by atoms with Crippen molar-refractivity contribution in [1.82, 2.24) is 4.90 Å². The van der Waals surface area contributed by atoms with E-state index >= 15 is 0 Å². The summed E-state index contributed by atoms with van der Waals surface area (Å²) < 4.78 is 63.5. The van der Waals surface area contributed by atoms with E-state index in [0.717, 1.165) is 0 Å². The molecular weight excluding hydrogens is 309 g/mol. The van der Waals surface area contributed by atoms with Crippen LogP contribution in [-0.2, 0) is 14.3 Å². The molecule has 1 aliphatic heterocycles. The maximum atomic E-state index is 12.3. The average Bonchev–Trinajstić information content (AvgIpc) is 2.79. The average molecular weight is 323 g/mol. The summed E-state index contributed by atoms with van der Waals surface area (Å²) in [5.41, 5.74) is -5.38. The standard InChI is InChI=1S/C8H14F3NO3P2S/c1-5(2)12(6(3)4)8(16-17-8)15-18(13,14)7(9,10)11/h5-6H,1-4H3. The fourth-order valence-electron chi connectivity index (χ4n) is 1.69. The Bertz CT molecular complexity index is 433. The third-order valence-electron chi connectivity index (χ3n) is 2.23. The molecule has 0 bridgehead atoms. The van der Waals surface area contributed by atoms with Gasteiger partial charge >= 0.3 is 15.6 Å². The number of rotatable bonds is 5. The van der Waals surface area contributed by atoms with Crippen LogP contribution in [0.1, 0.15) is 27.7 Å². The van der Waals surface area contributed by atoms with E-state index in [-0.39, 0.29) is 12.1 Å². The normalized spacial score (nSPS) is 26.1. The zero-order valence-electron chi connectivity index (χ0n) is 10.3. The minimum Gasteiger partial charge on any atom is -0.255 e. The van der Waals surface area contributed by atoms with Crippen molar-refractivity contribution in [1.29, 1.82) is 0 Å². The molecule has 0 radical (unpaired) electrons. The molecule has 0 aliphatic carbocycles. The van der Waals surface area contributed by atoms with Crippen molar-refractivity contribution in [3.05, 3.63) is 0 Å². The lowest BCUT2D eigenvalue weighted by Gasteiger charge is -2.36. The first-order chi connectivity index (χ1) is 7.93. The molecule has 1 heterocycles. The first-order valence-corrected chi connectivity index (χ1v) is 9.07. The van der Waals surface area contributed by atoms with E-state index in [1.807, 2.05) is 0 Å². The van der Waals surface area contributed by atoms with Crippen molar-refractivity contribution in [2.45, 2.75) is 50.5 Å². The Morgan fingerprint density at radius 1 is 1.11 bits per heavy atom. The minimum atomic E-state index is -5.56. The predicted molar refractivity (Wildman–Crippen MR) is 64.7 cm³/mol. The molecule has 0 aromatic rings. The summed E-state index contributed by atoms with van der Waals surface area (Å²) in [6, 6.07) is -0.230. The monoisotopic (exact) mass is 323 g/mol. The van der Waals surface area contributed by atoms with Crippen molar-refractivity contribution in [2.24, 2.45) is 0 Å². The number of hydrogen-bond donors (Lipinski definition) is 0. The Morgan fingerprint density at radius 2 is 1.50 bits per heavy atom. The Hall–Kier alpha value is 0.260. The van der Waals surface area contributed by atoms with Gasteiger partial charge in [0.2, 0.25) is 5.21 Å². The Balaban J connectivity index is 2.97. The summed E-state index contributed by atoms with van der Waals surface area (Å²) in [4.78, 5) is 1.64. The van der Waals surface area contributed by atoms with Crippen LogP contribution in [0.4, 0.5) is 13.2 Å². The number of alkyl halides is 3. The van der Waals surface area contributed by atoms with Gasteiger partial charge in [-0.05, 0) is 43.4 Å². The molecule has 0 aromatic heterocycles. The fourth-order valence-corrected chi connectivity index (χ4v) is 5.71. The van der Waals surface area contributed by atoms with Gasteiger partial charge in [0.1, 0.15) is 0 Å². The molecule has 0 unspecified atom stereocenters. The first kappa shape index (κ1) is 16.3. The number of nitrogens with zero attached hydrogens (tertiary/aromatic N) is 1. The highest BCUT2D eigenvalue weighted by Crippen LogP contribution is 2.65. The van der Waals surface area contributed by atoms with Crippen LogP contribution in [0.5, 0.6) is 0 Å². The van der Waals surface area contributed by atoms with E-state index in [2.05, 4.69) is 4.18 Å². The van der Waals surface area contributed by atoms with Gasteiger partial charge in [-0.25, -0.2) is 4.18 Å². The second-order valence-electron chi connectivity index (χ2n) is 4.35. The largest absolute Gasteiger partial charge is 0.523 e. The fraction of sp³-hybridized carbons (Fsp3) is 1.00. The molecule has 0 atom stereocenters. The van der Waals surface area contributed by atoms with Crippen molar-refractivity contribution in [2.75, 3.05) is 0 Å². The molecule has 4 nitrogen and oxygen atoms in total. The van der Waals surface area contributed by atoms with Crippen LogP contribution < -0.4 is 0 Å². The van der Waals surface area contributed by atoms with E-state index in [9.17, 15) is 21.6 Å². The van der Waals surface area contributed by atoms with Crippen LogP contribution in [0.3, 0.4) is 0 Å². The summed E-state index contributed by atoms with van der Waals surface area (Å²) >= 11 is 0. The quantitative estimate of drug-likeness (QED) is 0.337. The van der Waals surface area contributed by atoms with E-state index in [4.69, 9.17) is 0 Å². The van der Waals surface area contributed by atoms with Gasteiger partial charge < -0.3 is 0 Å². The van der Waals surface area contributed by atoms with Gasteiger partial charge in [-0.15, -0.1) is 0 Å². The summed E-state index contributed by atoms with van der Waals surface area (Å²) in [6.07, 6.45) is 0. The minimum absolute atomic E-state index is 0.115. The van der Waals surface area contributed by atoms with Crippen LogP contribution >= 0.6 is 15.7 Å². The second-order valence-corrected chi connectivity index (χ2v) is 9.05. The lowest BCUT2D eigenvalue weighted by atomic mass is 10.2. The van der Waals surface area contributed by atoms with Crippen LogP contribution in [0.25, 0.3) is 0 Å². The molecular formula is C8H14F3NO3P2S. The van der Waals surface area contributed by atoms with E-state index in [1.54, 1.807) is 32.6 Å². The number of hydrogen-bond acceptors (Lipinski definition) is 4. The third-order valence-corrected chi connectivity index (χ3v) is 6.31. The molecule has 1 aliphatic rings. The molecule has 0 saturated heterocycles. The van der Waals surface area contributed by atoms with Crippen LogP contribution in [0, 0.1) is 0 Å². The molecule has 0 amide bonds. The highest BCUT2D eigenvalue weighted by molar-refractivity contribution is 8.04. The van der Waals surface area contributed by atoms with Gasteiger partial charge in [-0.1, -0.05) is 0 Å². The molecule has 0 N–H and O–H groups in total. The Kier molecular flexibility index (Phi) is 4.52. The van der Waals surface area contributed by atoms with Gasteiger partial charge in [0.15, 0.2) is 0 Å². The van der Waals surface area contributed by atoms with E-state index < -0.39 is 20.8 Å². The van der Waals surface area contributed by atoms with E-state index in [1.165, 1.54) is 0 Å². The van der Waals surface area contributed by atoms with Crippen LogP contribution in [-0.4, -0.2) is 36.1 Å². The summed E-state index contributed by atoms with van der Waals surface area (Å²) in [6.45, 7) is 7.15. The summed E-state index contributed by atoms with van der Waals surface area (Å²) in [5.74, 6) is 0. The Labute approximate surface area is 107 Å². The maximum absolute atomic E-state index is 12.3. The highest BCUT2D eigenvalue weighted by atomic mass is 32.2. The lowest BCUT2D eigenvalue weighted by molar-refractivity contribution is -0.0662. The first-order valence-electron chi connectivity index (χ1n) is 5.17. The highest BCUT2D eigenvalue weighted by Gasteiger charge is 2.57.